The molecule has 0 aliphatic carbocycles. The fourth-order valence-corrected chi connectivity index (χ4v) is 6.56. The Morgan fingerprint density at radius 1 is 1.29 bits per heavy atom. The van der Waals surface area contributed by atoms with E-state index in [1.165, 1.54) is 26.2 Å². The van der Waals surface area contributed by atoms with Crippen molar-refractivity contribution in [2.75, 3.05) is 13.2 Å². The molecule has 2 N–H and O–H groups in total. The number of aryl methyl sites for hydroxylation is 1. The quantitative estimate of drug-likeness (QED) is 0.217. The van der Waals surface area contributed by atoms with E-state index in [1.54, 1.807) is 0 Å². The molecule has 0 aromatic carbocycles. The molecule has 3 rings (SSSR count). The molecule has 15 heteroatoms. The molecule has 0 unspecified atom stereocenters. The smallest absolute Gasteiger partial charge is 0.431 e. The van der Waals surface area contributed by atoms with Crippen LogP contribution in [0.3, 0.4) is 0 Å². The zero-order valence-corrected chi connectivity index (χ0v) is 24.4. The van der Waals surface area contributed by atoms with Gasteiger partial charge in [0.2, 0.25) is 0 Å². The molecule has 212 valence electrons. The van der Waals surface area contributed by atoms with Gasteiger partial charge in [-0.15, -0.1) is 0 Å². The molecule has 1 fully saturated rings. The lowest BCUT2D eigenvalue weighted by molar-refractivity contribution is -0.0692. The number of hydrogen-bond donors (Lipinski definition) is 1. The maximum absolute atomic E-state index is 13.2. The van der Waals surface area contributed by atoms with Crippen LogP contribution in [0.2, 0.25) is 18.1 Å². The lowest BCUT2D eigenvalue weighted by atomic mass is 9.89. The van der Waals surface area contributed by atoms with Crippen molar-refractivity contribution in [3.05, 3.63) is 56.4 Å². The van der Waals surface area contributed by atoms with E-state index in [2.05, 4.69) is 6.58 Å². The Balaban J connectivity index is 2.22. The molecule has 4 atom stereocenters. The summed E-state index contributed by atoms with van der Waals surface area (Å²) in [5, 5.41) is 0.390. The molecule has 2 aliphatic heterocycles. The Labute approximate surface area is 222 Å². The number of hydrogen-bond acceptors (Lipinski definition) is 11. The summed E-state index contributed by atoms with van der Waals surface area (Å²) >= 11 is 0. The topological polar surface area (TPSA) is 167 Å². The molecular formula is C23H35N3O10SSi. The second-order valence-electron chi connectivity index (χ2n) is 10.8. The van der Waals surface area contributed by atoms with E-state index in [0.29, 0.717) is 0 Å². The Morgan fingerprint density at radius 2 is 1.92 bits per heavy atom. The standard InChI is InChI=1S/C23H35N3O10SSi/c1-9-10-32-21(29)33-12-16-23(15(24)13-37(30,31)36-23)17(35-38(7,8)22(3,4)5)19(34-16)26-11-14(2)18(27)25(6)20(26)28/h9,11,13,16-17,19H,1,10,12,24H2,2-8H3/t16-,17+,19-,23-/m1/s1. The van der Waals surface area contributed by atoms with E-state index in [4.69, 9.17) is 28.6 Å². The highest BCUT2D eigenvalue weighted by Gasteiger charge is 2.67. The first-order chi connectivity index (χ1) is 17.4. The van der Waals surface area contributed by atoms with Gasteiger partial charge in [0, 0.05) is 18.8 Å². The second kappa shape index (κ2) is 10.1. The number of nitrogens with two attached hydrogens (primary N) is 1. The van der Waals surface area contributed by atoms with E-state index in [-0.39, 0.29) is 22.9 Å². The maximum atomic E-state index is 13.2. The van der Waals surface area contributed by atoms with Gasteiger partial charge in [0.25, 0.3) is 15.7 Å². The molecule has 0 radical (unpaired) electrons. The van der Waals surface area contributed by atoms with Crippen LogP contribution in [0, 0.1) is 6.92 Å². The predicted molar refractivity (Wildman–Crippen MR) is 139 cm³/mol. The third kappa shape index (κ3) is 5.25. The van der Waals surface area contributed by atoms with Gasteiger partial charge < -0.3 is 24.4 Å². The highest BCUT2D eigenvalue weighted by Crippen LogP contribution is 2.51. The fourth-order valence-electron chi connectivity index (χ4n) is 4.05. The molecule has 0 bridgehead atoms. The van der Waals surface area contributed by atoms with E-state index in [1.807, 2.05) is 33.9 Å². The van der Waals surface area contributed by atoms with Crippen LogP contribution < -0.4 is 17.0 Å². The van der Waals surface area contributed by atoms with Gasteiger partial charge in [-0.25, -0.2) is 13.8 Å². The minimum Gasteiger partial charge on any atom is -0.431 e. The highest BCUT2D eigenvalue weighted by atomic mass is 32.2. The molecule has 1 aromatic heterocycles. The highest BCUT2D eigenvalue weighted by molar-refractivity contribution is 7.90. The van der Waals surface area contributed by atoms with E-state index in [0.717, 1.165) is 14.5 Å². The number of carbonyl (C=O) groups is 1. The first kappa shape index (κ1) is 29.8. The minimum atomic E-state index is -4.29. The van der Waals surface area contributed by atoms with Gasteiger partial charge in [-0.3, -0.25) is 13.9 Å². The van der Waals surface area contributed by atoms with Crippen molar-refractivity contribution in [3.8, 4) is 0 Å². The molecule has 0 amide bonds. The number of ether oxygens (including phenoxy) is 3. The van der Waals surface area contributed by atoms with Gasteiger partial charge in [-0.1, -0.05) is 33.4 Å². The van der Waals surface area contributed by atoms with E-state index in [9.17, 15) is 22.8 Å². The molecule has 13 nitrogen and oxygen atoms in total. The summed E-state index contributed by atoms with van der Waals surface area (Å²) in [5.74, 6) is 0. The summed E-state index contributed by atoms with van der Waals surface area (Å²) in [6.45, 7) is 14.1. The van der Waals surface area contributed by atoms with Crippen LogP contribution in [0.5, 0.6) is 0 Å². The third-order valence-electron chi connectivity index (χ3n) is 7.10. The molecule has 1 aromatic rings. The van der Waals surface area contributed by atoms with Crippen LogP contribution in [0.15, 0.2) is 39.5 Å². The van der Waals surface area contributed by atoms with Crippen LogP contribution >= 0.6 is 0 Å². The lowest BCUT2D eigenvalue weighted by Crippen LogP contribution is -2.59. The van der Waals surface area contributed by atoms with Crippen LogP contribution in [-0.4, -0.2) is 63.0 Å². The second-order valence-corrected chi connectivity index (χ2v) is 16.9. The summed E-state index contributed by atoms with van der Waals surface area (Å²) in [7, 11) is -5.71. The number of carbonyl (C=O) groups excluding carboxylic acids is 1. The molecule has 2 aliphatic rings. The largest absolute Gasteiger partial charge is 0.508 e. The lowest BCUT2D eigenvalue weighted by Gasteiger charge is -2.43. The van der Waals surface area contributed by atoms with Crippen LogP contribution in [0.25, 0.3) is 0 Å². The predicted octanol–water partition coefficient (Wildman–Crippen LogP) is 1.38. The van der Waals surface area contributed by atoms with Gasteiger partial charge in [-0.2, -0.15) is 8.42 Å². The monoisotopic (exact) mass is 573 g/mol. The number of aromatic nitrogens is 2. The number of nitrogens with zero attached hydrogens (tertiary/aromatic N) is 2. The van der Waals surface area contributed by atoms with Crippen molar-refractivity contribution < 1.29 is 36.0 Å². The molecule has 3 heterocycles. The van der Waals surface area contributed by atoms with Gasteiger partial charge in [0.15, 0.2) is 20.1 Å². The summed E-state index contributed by atoms with van der Waals surface area (Å²) in [6, 6.07) is 0. The molecule has 38 heavy (non-hydrogen) atoms. The van der Waals surface area contributed by atoms with E-state index >= 15 is 0 Å². The van der Waals surface area contributed by atoms with Gasteiger partial charge in [0.1, 0.15) is 25.4 Å². The maximum Gasteiger partial charge on any atom is 0.508 e. The Morgan fingerprint density at radius 3 is 2.45 bits per heavy atom. The summed E-state index contributed by atoms with van der Waals surface area (Å²) in [4.78, 5) is 37.7. The molecular weight excluding hydrogens is 538 g/mol. The number of rotatable bonds is 7. The Hall–Kier alpha value is -2.72. The summed E-state index contributed by atoms with van der Waals surface area (Å²) < 4.78 is 55.8. The van der Waals surface area contributed by atoms with Crippen molar-refractivity contribution in [1.29, 1.82) is 0 Å². The normalized spacial score (nSPS) is 26.8. The van der Waals surface area contributed by atoms with Crippen molar-refractivity contribution in [2.45, 2.75) is 69.9 Å². The molecule has 1 spiro atoms. The van der Waals surface area contributed by atoms with Gasteiger partial charge in [0.05, 0.1) is 11.1 Å². The molecule has 1 saturated heterocycles. The average molecular weight is 574 g/mol. The van der Waals surface area contributed by atoms with Crippen LogP contribution in [-0.2, 0) is 40.0 Å². The van der Waals surface area contributed by atoms with Crippen molar-refractivity contribution in [1.82, 2.24) is 9.13 Å². The van der Waals surface area contributed by atoms with Crippen LogP contribution in [0.4, 0.5) is 4.79 Å². The van der Waals surface area contributed by atoms with Gasteiger partial charge in [-0.05, 0) is 25.1 Å². The minimum absolute atomic E-state index is 0.116. The van der Waals surface area contributed by atoms with E-state index < -0.39 is 66.5 Å². The summed E-state index contributed by atoms with van der Waals surface area (Å²) in [6.07, 6.45) is -2.35. The first-order valence-electron chi connectivity index (χ1n) is 11.8. The van der Waals surface area contributed by atoms with Gasteiger partial charge >= 0.3 is 11.8 Å². The average Bonchev–Trinajstić information content (AvgIpc) is 3.22. The fraction of sp³-hybridized carbons (Fsp3) is 0.609. The Bertz CT molecular complexity index is 1370. The first-order valence-corrected chi connectivity index (χ1v) is 16.2. The zero-order valence-electron chi connectivity index (χ0n) is 22.5. The zero-order chi connectivity index (χ0) is 28.8. The molecule has 0 saturated carbocycles. The summed E-state index contributed by atoms with van der Waals surface area (Å²) in [5.41, 5.74) is 3.05. The van der Waals surface area contributed by atoms with Crippen molar-refractivity contribution in [3.63, 3.8) is 0 Å². The SMILES string of the molecule is C=CCOC(=O)OC[C@H]1O[C@@H](n2cc(C)c(=O)n(C)c2=O)[C@H](O[Si](C)(C)C(C)(C)C)[C@]12OS(=O)(=O)C=C2N. The third-order valence-corrected chi connectivity index (χ3v) is 12.6. The Kier molecular flexibility index (Phi) is 7.93. The van der Waals surface area contributed by atoms with Crippen LogP contribution in [0.1, 0.15) is 32.6 Å². The van der Waals surface area contributed by atoms with Crippen molar-refractivity contribution >= 4 is 24.6 Å². The van der Waals surface area contributed by atoms with Crippen molar-refractivity contribution in [2.24, 2.45) is 12.8 Å².